The van der Waals surface area contributed by atoms with E-state index in [1.807, 2.05) is 18.7 Å². The Balaban J connectivity index is 2.09. The third-order valence-electron chi connectivity index (χ3n) is 4.01. The molecule has 0 unspecified atom stereocenters. The van der Waals surface area contributed by atoms with E-state index in [2.05, 4.69) is 29.2 Å². The van der Waals surface area contributed by atoms with E-state index in [1.54, 1.807) is 17.0 Å². The second-order valence-corrected chi connectivity index (χ2v) is 5.68. The topological polar surface area (TPSA) is 64.7 Å². The van der Waals surface area contributed by atoms with Gasteiger partial charge in [-0.05, 0) is 19.8 Å². The van der Waals surface area contributed by atoms with Crippen molar-refractivity contribution in [2.24, 2.45) is 7.05 Å². The normalized spacial score (nSPS) is 11.2. The molecule has 2 heterocycles. The number of rotatable bonds is 6. The van der Waals surface area contributed by atoms with Crippen LogP contribution in [0.1, 0.15) is 54.6 Å². The lowest BCUT2D eigenvalue weighted by Gasteiger charge is -2.15. The van der Waals surface area contributed by atoms with Gasteiger partial charge in [0.15, 0.2) is 0 Å². The van der Waals surface area contributed by atoms with Crippen LogP contribution in [0.4, 0.5) is 0 Å². The predicted molar refractivity (Wildman–Crippen MR) is 86.0 cm³/mol. The lowest BCUT2D eigenvalue weighted by Crippen LogP contribution is -2.25. The molecular weight excluding hydrogens is 302 g/mol. The Hall–Kier alpha value is -1.82. The molecular formula is C15H22ClN5O. The van der Waals surface area contributed by atoms with Crippen molar-refractivity contribution in [3.05, 3.63) is 34.6 Å². The van der Waals surface area contributed by atoms with E-state index in [-0.39, 0.29) is 5.91 Å². The van der Waals surface area contributed by atoms with Crippen LogP contribution in [0.2, 0.25) is 5.15 Å². The fraction of sp³-hybridized carbons (Fsp3) is 0.533. The smallest absolute Gasteiger partial charge is 0.255 e. The zero-order chi connectivity index (χ0) is 16.3. The van der Waals surface area contributed by atoms with E-state index in [4.69, 9.17) is 11.6 Å². The van der Waals surface area contributed by atoms with E-state index >= 15 is 0 Å². The van der Waals surface area contributed by atoms with Gasteiger partial charge in [-0.25, -0.2) is 4.98 Å². The number of amides is 1. The molecule has 120 valence electrons. The number of nitrogens with zero attached hydrogens (tertiary/aromatic N) is 4. The minimum atomic E-state index is -0.145. The molecule has 0 fully saturated rings. The summed E-state index contributed by atoms with van der Waals surface area (Å²) in [5, 5.41) is 7.78. The molecule has 1 N–H and O–H groups in total. The maximum atomic E-state index is 12.3. The van der Waals surface area contributed by atoms with Crippen molar-refractivity contribution in [2.45, 2.75) is 46.2 Å². The number of hydrogen-bond donors (Lipinski definition) is 1. The Morgan fingerprint density at radius 1 is 1.36 bits per heavy atom. The largest absolute Gasteiger partial charge is 0.345 e. The Bertz CT molecular complexity index is 657. The van der Waals surface area contributed by atoms with Gasteiger partial charge >= 0.3 is 0 Å². The zero-order valence-electron chi connectivity index (χ0n) is 13.4. The number of halogens is 1. The van der Waals surface area contributed by atoms with Crippen LogP contribution < -0.4 is 5.32 Å². The highest BCUT2D eigenvalue weighted by Gasteiger charge is 2.18. The lowest BCUT2D eigenvalue weighted by atomic mass is 10.1. The van der Waals surface area contributed by atoms with Gasteiger partial charge in [-0.2, -0.15) is 5.10 Å². The first-order chi connectivity index (χ1) is 10.5. The van der Waals surface area contributed by atoms with E-state index in [1.165, 1.54) is 0 Å². The van der Waals surface area contributed by atoms with Crippen molar-refractivity contribution < 1.29 is 4.79 Å². The molecule has 0 saturated carbocycles. The van der Waals surface area contributed by atoms with Crippen molar-refractivity contribution in [3.8, 4) is 0 Å². The van der Waals surface area contributed by atoms with Gasteiger partial charge in [0.1, 0.15) is 11.0 Å². The molecule has 0 atom stereocenters. The van der Waals surface area contributed by atoms with Crippen LogP contribution in [0.15, 0.2) is 12.4 Å². The molecule has 6 nitrogen and oxygen atoms in total. The minimum absolute atomic E-state index is 0.145. The number of carbonyl (C=O) groups excluding carboxylic acids is 1. The summed E-state index contributed by atoms with van der Waals surface area (Å²) in [4.78, 5) is 16.5. The summed E-state index contributed by atoms with van der Waals surface area (Å²) in [6.45, 7) is 6.51. The molecule has 22 heavy (non-hydrogen) atoms. The molecule has 0 spiro atoms. The summed E-state index contributed by atoms with van der Waals surface area (Å²) in [6.07, 6.45) is 5.19. The van der Waals surface area contributed by atoms with Crippen LogP contribution in [-0.4, -0.2) is 25.2 Å². The Morgan fingerprint density at radius 3 is 2.59 bits per heavy atom. The Kier molecular flexibility index (Phi) is 5.24. The second-order valence-electron chi connectivity index (χ2n) is 5.30. The highest BCUT2D eigenvalue weighted by molar-refractivity contribution is 6.29. The van der Waals surface area contributed by atoms with E-state index in [0.717, 1.165) is 18.5 Å². The standard InChI is InChI=1S/C15H22ClN5O/c1-5-11(6-2)21-10(3)12(7-19-21)15(22)18-9-14-17-8-13(16)20(14)4/h7-8,11H,5-6,9H2,1-4H3,(H,18,22). The van der Waals surface area contributed by atoms with Crippen LogP contribution in [-0.2, 0) is 13.6 Å². The van der Waals surface area contributed by atoms with Crippen LogP contribution in [0, 0.1) is 6.92 Å². The van der Waals surface area contributed by atoms with Crippen molar-refractivity contribution >= 4 is 17.5 Å². The molecule has 1 amide bonds. The average Bonchev–Trinajstić information content (AvgIpc) is 3.03. The van der Waals surface area contributed by atoms with E-state index < -0.39 is 0 Å². The van der Waals surface area contributed by atoms with Gasteiger partial charge in [0.2, 0.25) is 0 Å². The van der Waals surface area contributed by atoms with E-state index in [9.17, 15) is 4.79 Å². The molecule has 2 aromatic heterocycles. The predicted octanol–water partition coefficient (Wildman–Crippen LogP) is 2.87. The van der Waals surface area contributed by atoms with Crippen molar-refractivity contribution in [3.63, 3.8) is 0 Å². The van der Waals surface area contributed by atoms with Crippen LogP contribution >= 0.6 is 11.6 Å². The van der Waals surface area contributed by atoms with E-state index in [0.29, 0.717) is 29.1 Å². The number of aromatic nitrogens is 4. The number of nitrogens with one attached hydrogen (secondary N) is 1. The first-order valence-electron chi connectivity index (χ1n) is 7.47. The van der Waals surface area contributed by atoms with Crippen molar-refractivity contribution in [1.29, 1.82) is 0 Å². The number of hydrogen-bond acceptors (Lipinski definition) is 3. The molecule has 0 aliphatic carbocycles. The number of imidazole rings is 1. The number of carbonyl (C=O) groups is 1. The summed E-state index contributed by atoms with van der Waals surface area (Å²) < 4.78 is 3.68. The molecule has 0 aliphatic heterocycles. The maximum absolute atomic E-state index is 12.3. The highest BCUT2D eigenvalue weighted by atomic mass is 35.5. The van der Waals surface area contributed by atoms with Gasteiger partial charge in [-0.15, -0.1) is 0 Å². The highest BCUT2D eigenvalue weighted by Crippen LogP contribution is 2.19. The summed E-state index contributed by atoms with van der Waals surface area (Å²) in [5.41, 5.74) is 1.50. The van der Waals surface area contributed by atoms with Gasteiger partial charge in [-0.1, -0.05) is 25.4 Å². The molecule has 2 aromatic rings. The second kappa shape index (κ2) is 6.96. The minimum Gasteiger partial charge on any atom is -0.345 e. The summed E-state index contributed by atoms with van der Waals surface area (Å²) in [5.74, 6) is 0.567. The molecule has 0 bridgehead atoms. The quantitative estimate of drug-likeness (QED) is 0.889. The van der Waals surface area contributed by atoms with Gasteiger partial charge < -0.3 is 9.88 Å². The molecule has 0 saturated heterocycles. The summed E-state index contributed by atoms with van der Waals surface area (Å²) >= 11 is 5.93. The third kappa shape index (κ3) is 3.16. The Labute approximate surface area is 135 Å². The first kappa shape index (κ1) is 16.5. The fourth-order valence-electron chi connectivity index (χ4n) is 2.49. The van der Waals surface area contributed by atoms with Crippen LogP contribution in [0.25, 0.3) is 0 Å². The van der Waals surface area contributed by atoms with Gasteiger partial charge in [0.25, 0.3) is 5.91 Å². The molecule has 7 heteroatoms. The molecule has 0 aliphatic rings. The fourth-order valence-corrected chi connectivity index (χ4v) is 2.64. The molecule has 2 rings (SSSR count). The van der Waals surface area contributed by atoms with Gasteiger partial charge in [-0.3, -0.25) is 9.48 Å². The third-order valence-corrected chi connectivity index (χ3v) is 4.36. The zero-order valence-corrected chi connectivity index (χ0v) is 14.2. The lowest BCUT2D eigenvalue weighted by molar-refractivity contribution is 0.0948. The SMILES string of the molecule is CCC(CC)n1ncc(C(=O)NCc2ncc(Cl)n2C)c1C. The van der Waals surface area contributed by atoms with Crippen molar-refractivity contribution in [1.82, 2.24) is 24.6 Å². The Morgan fingerprint density at radius 2 is 2.05 bits per heavy atom. The summed E-state index contributed by atoms with van der Waals surface area (Å²) in [7, 11) is 1.81. The van der Waals surface area contributed by atoms with Crippen LogP contribution in [0.3, 0.4) is 0 Å². The monoisotopic (exact) mass is 323 g/mol. The summed E-state index contributed by atoms with van der Waals surface area (Å²) in [6, 6.07) is 0.329. The maximum Gasteiger partial charge on any atom is 0.255 e. The van der Waals surface area contributed by atoms with Crippen LogP contribution in [0.5, 0.6) is 0 Å². The van der Waals surface area contributed by atoms with Gasteiger partial charge in [0, 0.05) is 12.7 Å². The molecule has 0 aromatic carbocycles. The molecule has 0 radical (unpaired) electrons. The van der Waals surface area contributed by atoms with Gasteiger partial charge in [0.05, 0.1) is 30.5 Å². The first-order valence-corrected chi connectivity index (χ1v) is 7.85. The average molecular weight is 324 g/mol. The van der Waals surface area contributed by atoms with Crippen molar-refractivity contribution in [2.75, 3.05) is 0 Å².